The van der Waals surface area contributed by atoms with Crippen molar-refractivity contribution in [3.63, 3.8) is 0 Å². The molecule has 0 aromatic carbocycles. The summed E-state index contributed by atoms with van der Waals surface area (Å²) in [5.74, 6) is 0. The molecule has 6 heavy (non-hydrogen) atoms. The van der Waals surface area contributed by atoms with E-state index in [2.05, 4.69) is 9.78 Å². The first-order valence-corrected chi connectivity index (χ1v) is 1.83. The Hall–Kier alpha value is -0.120. The van der Waals surface area contributed by atoms with E-state index in [1.807, 2.05) is 0 Å². The molecule has 1 saturated heterocycles. The lowest BCUT2D eigenvalue weighted by Gasteiger charge is -1.86. The normalized spacial score (nSPS) is 34.5. The lowest BCUT2D eigenvalue weighted by atomic mass is 10.5. The van der Waals surface area contributed by atoms with Gasteiger partial charge in [0.2, 0.25) is 6.29 Å². The molecule has 3 heteroatoms. The van der Waals surface area contributed by atoms with Crippen LogP contribution in [-0.2, 0) is 14.9 Å². The second-order valence-corrected chi connectivity index (χ2v) is 1.14. The third-order valence-electron chi connectivity index (χ3n) is 0.612. The highest BCUT2D eigenvalue weighted by atomic mass is 17.2. The molecule has 0 amide bonds. The van der Waals surface area contributed by atoms with Crippen molar-refractivity contribution in [2.75, 3.05) is 6.61 Å². The zero-order valence-electron chi connectivity index (χ0n) is 3.22. The first-order chi connectivity index (χ1) is 2.89. The fourth-order valence-corrected chi connectivity index (χ4v) is 0.316. The fraction of sp³-hybridized carbons (Fsp3) is 1.00. The molecule has 1 radical (unpaired) electrons. The number of hydrogen-bond acceptors (Lipinski definition) is 2. The van der Waals surface area contributed by atoms with Crippen LogP contribution >= 0.6 is 0 Å². The Morgan fingerprint density at radius 2 is 2.50 bits per heavy atom. The highest BCUT2D eigenvalue weighted by molar-refractivity contribution is 4.39. The van der Waals surface area contributed by atoms with E-state index in [0.717, 1.165) is 0 Å². The summed E-state index contributed by atoms with van der Waals surface area (Å²) in [6, 6.07) is 0. The Morgan fingerprint density at radius 1 is 1.67 bits per heavy atom. The highest BCUT2D eigenvalue weighted by Crippen LogP contribution is 2.03. The molecular weight excluding hydrogens is 84.0 g/mol. The molecule has 35 valence electrons. The van der Waals surface area contributed by atoms with Gasteiger partial charge in [0.25, 0.3) is 0 Å². The Morgan fingerprint density at radius 3 is 2.67 bits per heavy atom. The second-order valence-electron chi connectivity index (χ2n) is 1.14. The van der Waals surface area contributed by atoms with Gasteiger partial charge in [-0.1, -0.05) is 0 Å². The molecule has 0 aliphatic carbocycles. The van der Waals surface area contributed by atoms with Crippen LogP contribution in [0.2, 0.25) is 0 Å². The monoisotopic (exact) mass is 89.0 g/mol. The molecule has 1 aliphatic rings. The standard InChI is InChI=1S/C3H5O3/c4-3-1-2-5-6-3/h3H,1-2H2. The third-order valence-corrected chi connectivity index (χ3v) is 0.612. The summed E-state index contributed by atoms with van der Waals surface area (Å²) in [6.07, 6.45) is -0.440. The average Bonchev–Trinajstić information content (AvgIpc) is 1.86. The summed E-state index contributed by atoms with van der Waals surface area (Å²) in [5, 5.41) is 9.98. The third kappa shape index (κ3) is 0.680. The van der Waals surface area contributed by atoms with Gasteiger partial charge in [-0.15, -0.1) is 0 Å². The van der Waals surface area contributed by atoms with Crippen LogP contribution in [0.1, 0.15) is 6.42 Å². The minimum Gasteiger partial charge on any atom is -0.234 e. The summed E-state index contributed by atoms with van der Waals surface area (Å²) in [6.45, 7) is 0.453. The average molecular weight is 89.1 g/mol. The first kappa shape index (κ1) is 4.05. The fourth-order valence-electron chi connectivity index (χ4n) is 0.316. The van der Waals surface area contributed by atoms with Gasteiger partial charge in [-0.3, -0.25) is 0 Å². The Labute approximate surface area is 35.4 Å². The van der Waals surface area contributed by atoms with Crippen molar-refractivity contribution in [1.29, 1.82) is 0 Å². The van der Waals surface area contributed by atoms with E-state index in [1.54, 1.807) is 0 Å². The van der Waals surface area contributed by atoms with E-state index in [0.29, 0.717) is 13.0 Å². The van der Waals surface area contributed by atoms with Crippen LogP contribution in [0.25, 0.3) is 0 Å². The van der Waals surface area contributed by atoms with Crippen molar-refractivity contribution >= 4 is 0 Å². The van der Waals surface area contributed by atoms with Crippen LogP contribution in [0, 0.1) is 0 Å². The van der Waals surface area contributed by atoms with Gasteiger partial charge in [-0.2, -0.15) is 5.11 Å². The van der Waals surface area contributed by atoms with Crippen molar-refractivity contribution in [3.05, 3.63) is 0 Å². The Balaban J connectivity index is 2.18. The van der Waals surface area contributed by atoms with Gasteiger partial charge >= 0.3 is 0 Å². The molecule has 1 rings (SSSR count). The van der Waals surface area contributed by atoms with Gasteiger partial charge in [0.05, 0.1) is 6.61 Å². The Bertz CT molecular complexity index is 39.3. The zero-order valence-corrected chi connectivity index (χ0v) is 3.22. The topological polar surface area (TPSA) is 38.4 Å². The van der Waals surface area contributed by atoms with Crippen LogP contribution in [-0.4, -0.2) is 12.9 Å². The van der Waals surface area contributed by atoms with Crippen molar-refractivity contribution in [2.24, 2.45) is 0 Å². The van der Waals surface area contributed by atoms with Crippen LogP contribution in [0.4, 0.5) is 0 Å². The molecule has 0 spiro atoms. The van der Waals surface area contributed by atoms with Crippen molar-refractivity contribution in [1.82, 2.24) is 0 Å². The van der Waals surface area contributed by atoms with E-state index in [9.17, 15) is 5.11 Å². The molecule has 1 aliphatic heterocycles. The van der Waals surface area contributed by atoms with Gasteiger partial charge < -0.3 is 0 Å². The van der Waals surface area contributed by atoms with Crippen LogP contribution < -0.4 is 0 Å². The lowest BCUT2D eigenvalue weighted by Crippen LogP contribution is -1.96. The van der Waals surface area contributed by atoms with Gasteiger partial charge in [-0.25, -0.2) is 9.78 Å². The molecule has 1 heterocycles. The maximum Gasteiger partial charge on any atom is 0.226 e. The second kappa shape index (κ2) is 1.55. The summed E-state index contributed by atoms with van der Waals surface area (Å²) in [5.41, 5.74) is 0. The molecule has 0 bridgehead atoms. The summed E-state index contributed by atoms with van der Waals surface area (Å²) < 4.78 is 0. The molecule has 1 fully saturated rings. The van der Waals surface area contributed by atoms with Crippen LogP contribution in [0.15, 0.2) is 0 Å². The largest absolute Gasteiger partial charge is 0.234 e. The molecule has 0 aromatic heterocycles. The first-order valence-electron chi connectivity index (χ1n) is 1.83. The summed E-state index contributed by atoms with van der Waals surface area (Å²) in [4.78, 5) is 8.34. The molecule has 0 aromatic rings. The minimum atomic E-state index is -0.926. The predicted octanol–water partition coefficient (Wildman–Crippen LogP) is 0.0949. The molecule has 0 saturated carbocycles. The van der Waals surface area contributed by atoms with Gasteiger partial charge in [0, 0.05) is 6.42 Å². The van der Waals surface area contributed by atoms with Crippen LogP contribution in [0.3, 0.4) is 0 Å². The SMILES string of the molecule is [O]C1CCOO1. The van der Waals surface area contributed by atoms with Gasteiger partial charge in [0.15, 0.2) is 0 Å². The quantitative estimate of drug-likeness (QED) is 0.394. The number of rotatable bonds is 0. The van der Waals surface area contributed by atoms with Crippen molar-refractivity contribution in [2.45, 2.75) is 12.7 Å². The molecule has 3 nitrogen and oxygen atoms in total. The summed E-state index contributed by atoms with van der Waals surface area (Å²) in [7, 11) is 0. The Kier molecular flexibility index (Phi) is 1.05. The van der Waals surface area contributed by atoms with E-state index in [1.165, 1.54) is 0 Å². The zero-order chi connectivity index (χ0) is 4.41. The molecule has 1 atom stereocenters. The molecular formula is C3H5O3. The van der Waals surface area contributed by atoms with Gasteiger partial charge in [-0.05, 0) is 0 Å². The highest BCUT2D eigenvalue weighted by Gasteiger charge is 2.13. The lowest BCUT2D eigenvalue weighted by molar-refractivity contribution is -0.330. The van der Waals surface area contributed by atoms with E-state index in [4.69, 9.17) is 0 Å². The van der Waals surface area contributed by atoms with Crippen molar-refractivity contribution < 1.29 is 14.9 Å². The molecule has 1 unspecified atom stereocenters. The smallest absolute Gasteiger partial charge is 0.226 e. The van der Waals surface area contributed by atoms with E-state index in [-0.39, 0.29) is 0 Å². The summed E-state index contributed by atoms with van der Waals surface area (Å²) >= 11 is 0. The van der Waals surface area contributed by atoms with Crippen molar-refractivity contribution in [3.8, 4) is 0 Å². The van der Waals surface area contributed by atoms with E-state index >= 15 is 0 Å². The minimum absolute atomic E-state index is 0.453. The predicted molar refractivity (Wildman–Crippen MR) is 16.1 cm³/mol. The van der Waals surface area contributed by atoms with E-state index < -0.39 is 6.29 Å². The molecule has 0 N–H and O–H groups in total. The van der Waals surface area contributed by atoms with Gasteiger partial charge in [0.1, 0.15) is 0 Å². The van der Waals surface area contributed by atoms with Crippen LogP contribution in [0.5, 0.6) is 0 Å². The maximum absolute atomic E-state index is 9.98. The maximum atomic E-state index is 9.98. The number of hydrogen-bond donors (Lipinski definition) is 0.